The maximum atomic E-state index is 9.74. The van der Waals surface area contributed by atoms with Crippen LogP contribution in [0.2, 0.25) is 0 Å². The third-order valence-corrected chi connectivity index (χ3v) is 8.66. The lowest BCUT2D eigenvalue weighted by atomic mass is 9.72. The van der Waals surface area contributed by atoms with Crippen LogP contribution in [-0.4, -0.2) is 109 Å². The van der Waals surface area contributed by atoms with E-state index in [1.165, 1.54) is 5.56 Å². The number of nitrogens with zero attached hydrogens (tertiary/aromatic N) is 7. The number of ether oxygens (including phenoxy) is 3. The molecule has 3 aromatic rings. The first-order chi connectivity index (χ1) is 20.6. The number of likely N-dealkylation sites (tertiary alicyclic amines) is 2. The van der Waals surface area contributed by atoms with Gasteiger partial charge in [-0.25, -0.2) is 9.50 Å². The zero-order valence-corrected chi connectivity index (χ0v) is 24.0. The molecule has 11 nitrogen and oxygen atoms in total. The summed E-state index contributed by atoms with van der Waals surface area (Å²) < 4.78 is 18.5. The average molecular weight is 569 g/mol. The molecule has 0 atom stereocenters. The van der Waals surface area contributed by atoms with E-state index in [2.05, 4.69) is 54.4 Å². The SMILES string of the molecule is COc1ccc(CN2CC3(C2)CN(C2=CC=C(c4cc(OCCN5CCOCC5)cn5ncc(C#N)c45)CN2)C3)cn1. The summed E-state index contributed by atoms with van der Waals surface area (Å²) in [4.78, 5) is 11.6. The smallest absolute Gasteiger partial charge is 0.212 e. The van der Waals surface area contributed by atoms with Crippen molar-refractivity contribution in [3.05, 3.63) is 71.5 Å². The van der Waals surface area contributed by atoms with Crippen molar-refractivity contribution in [2.45, 2.75) is 6.54 Å². The standard InChI is InChI=1S/C31H36N8O3/c1-40-29-5-2-23(14-34-29)17-37-19-31(20-37)21-38(22-31)28-4-3-24(15-33-28)27-12-26(18-39-30(27)25(13-32)16-35-39)42-11-8-36-6-9-41-10-7-36/h2-5,12,14,16,18,33H,6-11,15,17,19-22H2,1H3. The zero-order valence-electron chi connectivity index (χ0n) is 24.0. The number of rotatable bonds is 9. The van der Waals surface area contributed by atoms with E-state index in [4.69, 9.17) is 14.2 Å². The van der Waals surface area contributed by atoms with Crippen LogP contribution in [0.15, 0.2) is 54.8 Å². The lowest BCUT2D eigenvalue weighted by Gasteiger charge is -2.61. The number of dihydropyridines is 1. The van der Waals surface area contributed by atoms with Crippen LogP contribution < -0.4 is 14.8 Å². The Kier molecular flexibility index (Phi) is 7.19. The predicted octanol–water partition coefficient (Wildman–Crippen LogP) is 1.97. The zero-order chi connectivity index (χ0) is 28.5. The summed E-state index contributed by atoms with van der Waals surface area (Å²) in [5.41, 5.74) is 5.05. The molecule has 1 spiro atoms. The largest absolute Gasteiger partial charge is 0.491 e. The second-order valence-electron chi connectivity index (χ2n) is 11.7. The molecule has 0 aromatic carbocycles. The normalized spacial score (nSPS) is 20.2. The number of fused-ring (bicyclic) bond motifs is 1. The Morgan fingerprint density at radius 2 is 1.95 bits per heavy atom. The topological polar surface area (TPSA) is 103 Å². The summed E-state index contributed by atoms with van der Waals surface area (Å²) in [7, 11) is 1.64. The molecule has 3 aromatic heterocycles. The maximum absolute atomic E-state index is 9.74. The van der Waals surface area contributed by atoms with Crippen LogP contribution in [0.25, 0.3) is 11.1 Å². The van der Waals surface area contributed by atoms with Gasteiger partial charge >= 0.3 is 0 Å². The van der Waals surface area contributed by atoms with Crippen LogP contribution in [0.3, 0.4) is 0 Å². The number of nitriles is 1. The molecular weight excluding hydrogens is 532 g/mol. The Hall–Kier alpha value is -4.11. The van der Waals surface area contributed by atoms with Gasteiger partial charge in [0.25, 0.3) is 0 Å². The van der Waals surface area contributed by atoms with Gasteiger partial charge in [-0.15, -0.1) is 0 Å². The minimum absolute atomic E-state index is 0.380. The molecule has 0 radical (unpaired) electrons. The van der Waals surface area contributed by atoms with E-state index >= 15 is 0 Å². The van der Waals surface area contributed by atoms with Crippen molar-refractivity contribution in [2.75, 3.05) is 79.3 Å². The van der Waals surface area contributed by atoms with Gasteiger partial charge in [-0.2, -0.15) is 10.4 Å². The summed E-state index contributed by atoms with van der Waals surface area (Å²) in [6.07, 6.45) is 9.73. The maximum Gasteiger partial charge on any atom is 0.212 e. The van der Waals surface area contributed by atoms with Crippen molar-refractivity contribution >= 4 is 11.1 Å². The quantitative estimate of drug-likeness (QED) is 0.412. The highest BCUT2D eigenvalue weighted by molar-refractivity contribution is 5.84. The van der Waals surface area contributed by atoms with Crippen molar-refractivity contribution < 1.29 is 14.2 Å². The molecule has 0 amide bonds. The lowest BCUT2D eigenvalue weighted by Crippen LogP contribution is -2.71. The van der Waals surface area contributed by atoms with Gasteiger partial charge in [0.2, 0.25) is 5.88 Å². The number of aromatic nitrogens is 3. The lowest BCUT2D eigenvalue weighted by molar-refractivity contribution is -0.106. The molecule has 0 aliphatic carbocycles. The second-order valence-corrected chi connectivity index (χ2v) is 11.7. The third-order valence-electron chi connectivity index (χ3n) is 8.66. The summed E-state index contributed by atoms with van der Waals surface area (Å²) in [5, 5.41) is 17.8. The fourth-order valence-electron chi connectivity index (χ4n) is 6.54. The Labute approximate surface area is 245 Å². The van der Waals surface area contributed by atoms with E-state index in [1.807, 2.05) is 24.5 Å². The number of pyridine rings is 2. The highest BCUT2D eigenvalue weighted by Crippen LogP contribution is 2.42. The fourth-order valence-corrected chi connectivity index (χ4v) is 6.54. The van der Waals surface area contributed by atoms with Crippen molar-refractivity contribution in [2.24, 2.45) is 5.41 Å². The number of methoxy groups -OCH3 is 1. The van der Waals surface area contributed by atoms with Gasteiger partial charge in [-0.3, -0.25) is 9.80 Å². The number of morpholine rings is 1. The van der Waals surface area contributed by atoms with E-state index in [0.717, 1.165) is 93.8 Å². The Morgan fingerprint density at radius 1 is 1.10 bits per heavy atom. The van der Waals surface area contributed by atoms with Gasteiger partial charge in [0, 0.05) is 82.1 Å². The van der Waals surface area contributed by atoms with Crippen LogP contribution in [0, 0.1) is 16.7 Å². The van der Waals surface area contributed by atoms with Crippen LogP contribution in [-0.2, 0) is 11.3 Å². The highest BCUT2D eigenvalue weighted by Gasteiger charge is 2.52. The van der Waals surface area contributed by atoms with Gasteiger partial charge in [-0.1, -0.05) is 12.1 Å². The molecule has 0 bridgehead atoms. The first kappa shape index (κ1) is 26.8. The van der Waals surface area contributed by atoms with Crippen LogP contribution in [0.4, 0.5) is 0 Å². The summed E-state index contributed by atoms with van der Waals surface area (Å²) in [6, 6.07) is 8.36. The van der Waals surface area contributed by atoms with E-state index in [-0.39, 0.29) is 0 Å². The number of allylic oxidation sites excluding steroid dienone is 2. The molecule has 3 fully saturated rings. The second kappa shape index (κ2) is 11.3. The van der Waals surface area contributed by atoms with Gasteiger partial charge in [0.1, 0.15) is 24.2 Å². The molecule has 3 saturated heterocycles. The molecule has 4 aliphatic rings. The summed E-state index contributed by atoms with van der Waals surface area (Å²) in [6.45, 7) is 10.8. The monoisotopic (exact) mass is 568 g/mol. The van der Waals surface area contributed by atoms with Crippen LogP contribution in [0.1, 0.15) is 16.7 Å². The van der Waals surface area contributed by atoms with Crippen molar-refractivity contribution in [1.82, 2.24) is 34.6 Å². The van der Waals surface area contributed by atoms with E-state index in [1.54, 1.807) is 17.8 Å². The highest BCUT2D eigenvalue weighted by atomic mass is 16.5. The summed E-state index contributed by atoms with van der Waals surface area (Å²) in [5.74, 6) is 2.56. The average Bonchev–Trinajstić information content (AvgIpc) is 3.41. The van der Waals surface area contributed by atoms with E-state index in [9.17, 15) is 5.26 Å². The molecule has 218 valence electrons. The molecule has 1 N–H and O–H groups in total. The van der Waals surface area contributed by atoms with Crippen LogP contribution >= 0.6 is 0 Å². The number of nitrogens with one attached hydrogen (secondary N) is 1. The number of hydrogen-bond donors (Lipinski definition) is 1. The Morgan fingerprint density at radius 3 is 2.67 bits per heavy atom. The van der Waals surface area contributed by atoms with Gasteiger partial charge in [0.05, 0.1) is 43.8 Å². The first-order valence-electron chi connectivity index (χ1n) is 14.6. The minimum atomic E-state index is 0.380. The van der Waals surface area contributed by atoms with Gasteiger partial charge < -0.3 is 24.4 Å². The molecule has 0 unspecified atom stereocenters. The molecule has 4 aliphatic heterocycles. The minimum Gasteiger partial charge on any atom is -0.491 e. The number of hydrogen-bond acceptors (Lipinski definition) is 10. The molecule has 11 heteroatoms. The molecule has 7 heterocycles. The predicted molar refractivity (Wildman–Crippen MR) is 157 cm³/mol. The summed E-state index contributed by atoms with van der Waals surface area (Å²) >= 11 is 0. The molecule has 0 saturated carbocycles. The van der Waals surface area contributed by atoms with Crippen molar-refractivity contribution in [3.63, 3.8) is 0 Å². The van der Waals surface area contributed by atoms with Gasteiger partial charge in [-0.05, 0) is 23.3 Å². The van der Waals surface area contributed by atoms with Crippen LogP contribution in [0.5, 0.6) is 11.6 Å². The van der Waals surface area contributed by atoms with Crippen molar-refractivity contribution in [3.8, 4) is 17.7 Å². The molecular formula is C31H36N8O3. The molecule has 42 heavy (non-hydrogen) atoms. The Bertz CT molecular complexity index is 1540. The van der Waals surface area contributed by atoms with E-state index in [0.29, 0.717) is 30.0 Å². The Balaban J connectivity index is 0.989. The first-order valence-corrected chi connectivity index (χ1v) is 14.6. The van der Waals surface area contributed by atoms with E-state index < -0.39 is 0 Å². The third kappa shape index (κ3) is 5.29. The molecule has 7 rings (SSSR count). The van der Waals surface area contributed by atoms with Crippen molar-refractivity contribution in [1.29, 1.82) is 5.26 Å². The fraction of sp³-hybridized carbons (Fsp3) is 0.452. The van der Waals surface area contributed by atoms with Gasteiger partial charge in [0.15, 0.2) is 0 Å².